The SMILES string of the molecule is Nc1cc(-c2cc(Cl)ccc2N2CCCCC2)no1. The van der Waals surface area contributed by atoms with Crippen LogP contribution in [0, 0.1) is 0 Å². The molecule has 0 atom stereocenters. The summed E-state index contributed by atoms with van der Waals surface area (Å²) in [6, 6.07) is 7.62. The van der Waals surface area contributed by atoms with Gasteiger partial charge in [0.15, 0.2) is 0 Å². The van der Waals surface area contributed by atoms with E-state index in [9.17, 15) is 0 Å². The average molecular weight is 278 g/mol. The molecule has 1 aliphatic heterocycles. The normalized spacial score (nSPS) is 15.7. The van der Waals surface area contributed by atoms with E-state index in [0.717, 1.165) is 30.0 Å². The number of halogens is 1. The molecule has 0 amide bonds. The number of rotatable bonds is 2. The number of nitrogens with two attached hydrogens (primary N) is 1. The highest BCUT2D eigenvalue weighted by atomic mass is 35.5. The van der Waals surface area contributed by atoms with Crippen molar-refractivity contribution in [1.29, 1.82) is 0 Å². The molecule has 1 aromatic heterocycles. The quantitative estimate of drug-likeness (QED) is 0.912. The van der Waals surface area contributed by atoms with E-state index in [1.165, 1.54) is 19.3 Å². The second kappa shape index (κ2) is 5.13. The topological polar surface area (TPSA) is 55.3 Å². The van der Waals surface area contributed by atoms with Gasteiger partial charge in [-0.3, -0.25) is 0 Å². The zero-order valence-electron chi connectivity index (χ0n) is 10.6. The third-order valence-electron chi connectivity index (χ3n) is 3.46. The van der Waals surface area contributed by atoms with Crippen molar-refractivity contribution in [1.82, 2.24) is 5.16 Å². The Morgan fingerprint density at radius 3 is 2.63 bits per heavy atom. The molecular formula is C14H16ClN3O. The van der Waals surface area contributed by atoms with Crippen LogP contribution in [0.2, 0.25) is 5.02 Å². The Labute approximate surface area is 117 Å². The Kier molecular flexibility index (Phi) is 3.34. The molecule has 2 aromatic rings. The van der Waals surface area contributed by atoms with Gasteiger partial charge in [-0.05, 0) is 37.5 Å². The fourth-order valence-corrected chi connectivity index (χ4v) is 2.71. The summed E-state index contributed by atoms with van der Waals surface area (Å²) >= 11 is 6.10. The van der Waals surface area contributed by atoms with Gasteiger partial charge >= 0.3 is 0 Å². The minimum Gasteiger partial charge on any atom is -0.371 e. The fourth-order valence-electron chi connectivity index (χ4n) is 2.54. The van der Waals surface area contributed by atoms with E-state index in [2.05, 4.69) is 10.1 Å². The zero-order valence-corrected chi connectivity index (χ0v) is 11.4. The predicted molar refractivity (Wildman–Crippen MR) is 77.4 cm³/mol. The number of anilines is 2. The maximum atomic E-state index is 6.10. The largest absolute Gasteiger partial charge is 0.371 e. The monoisotopic (exact) mass is 277 g/mol. The van der Waals surface area contributed by atoms with Crippen molar-refractivity contribution in [3.8, 4) is 11.3 Å². The molecule has 100 valence electrons. The van der Waals surface area contributed by atoms with Gasteiger partial charge in [-0.25, -0.2) is 0 Å². The van der Waals surface area contributed by atoms with Gasteiger partial charge in [0, 0.05) is 35.4 Å². The molecule has 0 aliphatic carbocycles. The number of piperidine rings is 1. The van der Waals surface area contributed by atoms with Crippen molar-refractivity contribution in [3.05, 3.63) is 29.3 Å². The van der Waals surface area contributed by atoms with Crippen LogP contribution in [-0.2, 0) is 0 Å². The molecule has 0 unspecified atom stereocenters. The van der Waals surface area contributed by atoms with Crippen LogP contribution in [0.15, 0.2) is 28.8 Å². The van der Waals surface area contributed by atoms with Crippen molar-refractivity contribution < 1.29 is 4.52 Å². The van der Waals surface area contributed by atoms with Crippen molar-refractivity contribution in [2.45, 2.75) is 19.3 Å². The number of nitrogen functional groups attached to an aromatic ring is 1. The third-order valence-corrected chi connectivity index (χ3v) is 3.69. The molecule has 0 bridgehead atoms. The molecule has 2 heterocycles. The minimum atomic E-state index is 0.319. The molecular weight excluding hydrogens is 262 g/mol. The second-order valence-electron chi connectivity index (χ2n) is 4.82. The Bertz CT molecular complexity index is 576. The predicted octanol–water partition coefficient (Wildman–Crippen LogP) is 3.57. The average Bonchev–Trinajstić information content (AvgIpc) is 2.86. The molecule has 0 saturated carbocycles. The van der Waals surface area contributed by atoms with Crippen LogP contribution in [0.3, 0.4) is 0 Å². The van der Waals surface area contributed by atoms with E-state index in [1.807, 2.05) is 18.2 Å². The van der Waals surface area contributed by atoms with Gasteiger partial charge in [0.1, 0.15) is 5.69 Å². The highest BCUT2D eigenvalue weighted by Crippen LogP contribution is 2.34. The van der Waals surface area contributed by atoms with Gasteiger partial charge in [0.2, 0.25) is 5.88 Å². The van der Waals surface area contributed by atoms with Crippen molar-refractivity contribution in [2.24, 2.45) is 0 Å². The molecule has 1 fully saturated rings. The Hall–Kier alpha value is -1.68. The molecule has 1 saturated heterocycles. The summed E-state index contributed by atoms with van der Waals surface area (Å²) in [5, 5.41) is 4.69. The van der Waals surface area contributed by atoms with Crippen LogP contribution in [0.5, 0.6) is 0 Å². The molecule has 4 nitrogen and oxygen atoms in total. The van der Waals surface area contributed by atoms with E-state index in [4.69, 9.17) is 21.9 Å². The Morgan fingerprint density at radius 1 is 1.16 bits per heavy atom. The molecule has 3 rings (SSSR count). The van der Waals surface area contributed by atoms with Crippen LogP contribution in [0.1, 0.15) is 19.3 Å². The van der Waals surface area contributed by atoms with Gasteiger partial charge in [0.05, 0.1) is 0 Å². The number of nitrogens with zero attached hydrogens (tertiary/aromatic N) is 2. The highest BCUT2D eigenvalue weighted by Gasteiger charge is 2.17. The Morgan fingerprint density at radius 2 is 1.95 bits per heavy atom. The van der Waals surface area contributed by atoms with E-state index >= 15 is 0 Å². The van der Waals surface area contributed by atoms with E-state index < -0.39 is 0 Å². The summed E-state index contributed by atoms with van der Waals surface area (Å²) in [6.45, 7) is 2.14. The summed E-state index contributed by atoms with van der Waals surface area (Å²) in [7, 11) is 0. The summed E-state index contributed by atoms with van der Waals surface area (Å²) in [5.41, 5.74) is 8.48. The standard InChI is InChI=1S/C14H16ClN3O/c15-10-4-5-13(18-6-2-1-3-7-18)11(8-10)12-9-14(16)19-17-12/h4-5,8-9H,1-3,6-7,16H2. The highest BCUT2D eigenvalue weighted by molar-refractivity contribution is 6.31. The molecule has 1 aliphatic rings. The van der Waals surface area contributed by atoms with Crippen LogP contribution in [0.25, 0.3) is 11.3 Å². The molecule has 2 N–H and O–H groups in total. The molecule has 5 heteroatoms. The second-order valence-corrected chi connectivity index (χ2v) is 5.26. The smallest absolute Gasteiger partial charge is 0.222 e. The summed E-state index contributed by atoms with van der Waals surface area (Å²) in [5.74, 6) is 0.319. The maximum Gasteiger partial charge on any atom is 0.222 e. The van der Waals surface area contributed by atoms with Crippen LogP contribution in [-0.4, -0.2) is 18.2 Å². The lowest BCUT2D eigenvalue weighted by molar-refractivity contribution is 0.439. The van der Waals surface area contributed by atoms with Crippen molar-refractivity contribution >= 4 is 23.2 Å². The minimum absolute atomic E-state index is 0.319. The number of aromatic nitrogens is 1. The summed E-state index contributed by atoms with van der Waals surface area (Å²) < 4.78 is 4.97. The zero-order chi connectivity index (χ0) is 13.2. The first-order chi connectivity index (χ1) is 9.24. The molecule has 19 heavy (non-hydrogen) atoms. The lowest BCUT2D eigenvalue weighted by Gasteiger charge is -2.30. The van der Waals surface area contributed by atoms with Gasteiger partial charge in [-0.1, -0.05) is 16.8 Å². The first-order valence-electron chi connectivity index (χ1n) is 6.51. The van der Waals surface area contributed by atoms with Crippen molar-refractivity contribution in [2.75, 3.05) is 23.7 Å². The first-order valence-corrected chi connectivity index (χ1v) is 6.89. The molecule has 0 spiro atoms. The van der Waals surface area contributed by atoms with E-state index in [0.29, 0.717) is 10.9 Å². The Balaban J connectivity index is 2.03. The van der Waals surface area contributed by atoms with Crippen LogP contribution in [0.4, 0.5) is 11.6 Å². The van der Waals surface area contributed by atoms with Crippen molar-refractivity contribution in [3.63, 3.8) is 0 Å². The van der Waals surface area contributed by atoms with Gasteiger partial charge in [0.25, 0.3) is 0 Å². The number of hydrogen-bond donors (Lipinski definition) is 1. The maximum absolute atomic E-state index is 6.10. The van der Waals surface area contributed by atoms with E-state index in [1.54, 1.807) is 6.07 Å². The number of benzene rings is 1. The molecule has 1 aromatic carbocycles. The lowest BCUT2D eigenvalue weighted by atomic mass is 10.1. The molecule has 0 radical (unpaired) electrons. The van der Waals surface area contributed by atoms with Crippen LogP contribution < -0.4 is 10.6 Å². The van der Waals surface area contributed by atoms with Gasteiger partial charge in [-0.2, -0.15) is 0 Å². The number of hydrogen-bond acceptors (Lipinski definition) is 4. The fraction of sp³-hybridized carbons (Fsp3) is 0.357. The summed E-state index contributed by atoms with van der Waals surface area (Å²) in [4.78, 5) is 2.38. The third kappa shape index (κ3) is 2.54. The summed E-state index contributed by atoms with van der Waals surface area (Å²) in [6.07, 6.45) is 3.75. The first kappa shape index (κ1) is 12.4. The lowest BCUT2D eigenvalue weighted by Crippen LogP contribution is -2.29. The van der Waals surface area contributed by atoms with Gasteiger partial charge < -0.3 is 15.2 Å². The van der Waals surface area contributed by atoms with Gasteiger partial charge in [-0.15, -0.1) is 0 Å². The van der Waals surface area contributed by atoms with Crippen LogP contribution >= 0.6 is 11.6 Å². The van der Waals surface area contributed by atoms with E-state index in [-0.39, 0.29) is 0 Å².